The minimum Gasteiger partial charge on any atom is -0.366 e. The van der Waals surface area contributed by atoms with Gasteiger partial charge in [-0.3, -0.25) is 0 Å². The lowest BCUT2D eigenvalue weighted by molar-refractivity contribution is -0.155. The molecule has 166 valence electrons. The Bertz CT molecular complexity index is 1190. The molecule has 0 saturated carbocycles. The molecule has 1 unspecified atom stereocenters. The van der Waals surface area contributed by atoms with Gasteiger partial charge < -0.3 is 9.42 Å². The standard InChI is InChI=1S/C20H20F3N3O3S2/c1-13-4-3-5-15(10-13)26-9-8-25(12-14(26)2)31(27,28)19-7-6-17(30-19)16-11-18(29-24-16)20(21,22)23/h3-7,10-11,14H,8-9,12H2,1-2H3. The molecule has 2 aromatic heterocycles. The monoisotopic (exact) mass is 471 g/mol. The van der Waals surface area contributed by atoms with E-state index in [2.05, 4.69) is 20.6 Å². The fraction of sp³-hybridized carbons (Fsp3) is 0.350. The molecule has 0 N–H and O–H groups in total. The quantitative estimate of drug-likeness (QED) is 0.555. The molecule has 11 heteroatoms. The van der Waals surface area contributed by atoms with Crippen LogP contribution in [0.3, 0.4) is 0 Å². The van der Waals surface area contributed by atoms with Crippen molar-refractivity contribution in [3.63, 3.8) is 0 Å². The first-order valence-electron chi connectivity index (χ1n) is 9.53. The third kappa shape index (κ3) is 4.35. The largest absolute Gasteiger partial charge is 0.452 e. The Hall–Kier alpha value is -2.37. The molecular weight excluding hydrogens is 451 g/mol. The maximum Gasteiger partial charge on any atom is 0.452 e. The second kappa shape index (κ2) is 7.95. The van der Waals surface area contributed by atoms with Crippen LogP contribution >= 0.6 is 11.3 Å². The van der Waals surface area contributed by atoms with E-state index in [1.165, 1.54) is 16.4 Å². The minimum absolute atomic E-state index is 0.0327. The lowest BCUT2D eigenvalue weighted by Crippen LogP contribution is -2.53. The number of aromatic nitrogens is 1. The second-order valence-corrected chi connectivity index (χ2v) is 10.7. The molecular formula is C20H20F3N3O3S2. The molecule has 0 amide bonds. The van der Waals surface area contributed by atoms with E-state index in [1.807, 2.05) is 32.0 Å². The van der Waals surface area contributed by atoms with E-state index in [0.717, 1.165) is 28.7 Å². The zero-order valence-corrected chi connectivity index (χ0v) is 18.4. The molecule has 0 radical (unpaired) electrons. The summed E-state index contributed by atoms with van der Waals surface area (Å²) in [5.41, 5.74) is 2.14. The number of piperazine rings is 1. The highest BCUT2D eigenvalue weighted by atomic mass is 32.2. The number of hydrogen-bond donors (Lipinski definition) is 0. The van der Waals surface area contributed by atoms with Gasteiger partial charge in [0, 0.05) is 37.4 Å². The molecule has 1 aromatic carbocycles. The molecule has 0 aliphatic carbocycles. The molecule has 4 rings (SSSR count). The van der Waals surface area contributed by atoms with Gasteiger partial charge >= 0.3 is 6.18 Å². The molecule has 1 fully saturated rings. The number of rotatable bonds is 4. The van der Waals surface area contributed by atoms with E-state index in [4.69, 9.17) is 0 Å². The number of anilines is 1. The van der Waals surface area contributed by atoms with Crippen molar-refractivity contribution < 1.29 is 26.1 Å². The number of alkyl halides is 3. The van der Waals surface area contributed by atoms with Gasteiger partial charge in [0.2, 0.25) is 5.76 Å². The molecule has 1 aliphatic heterocycles. The summed E-state index contributed by atoms with van der Waals surface area (Å²) in [6.45, 7) is 5.15. The highest BCUT2D eigenvalue weighted by Crippen LogP contribution is 2.36. The first kappa shape index (κ1) is 21.8. The Morgan fingerprint density at radius 2 is 1.94 bits per heavy atom. The Labute approximate surface area is 181 Å². The van der Waals surface area contributed by atoms with E-state index in [-0.39, 0.29) is 15.9 Å². The molecule has 31 heavy (non-hydrogen) atoms. The Balaban J connectivity index is 1.51. The lowest BCUT2D eigenvalue weighted by atomic mass is 10.1. The second-order valence-electron chi connectivity index (χ2n) is 7.44. The first-order chi connectivity index (χ1) is 14.6. The summed E-state index contributed by atoms with van der Waals surface area (Å²) < 4.78 is 70.3. The van der Waals surface area contributed by atoms with Crippen LogP contribution in [0.25, 0.3) is 10.6 Å². The smallest absolute Gasteiger partial charge is 0.366 e. The van der Waals surface area contributed by atoms with Gasteiger partial charge in [-0.25, -0.2) is 8.42 Å². The van der Waals surface area contributed by atoms with Gasteiger partial charge in [0.05, 0.1) is 4.88 Å². The van der Waals surface area contributed by atoms with Gasteiger partial charge in [-0.2, -0.15) is 17.5 Å². The topological polar surface area (TPSA) is 66.7 Å². The number of halogens is 3. The van der Waals surface area contributed by atoms with Crippen LogP contribution in [-0.4, -0.2) is 43.6 Å². The van der Waals surface area contributed by atoms with Crippen LogP contribution in [0.4, 0.5) is 18.9 Å². The molecule has 1 saturated heterocycles. The number of aryl methyl sites for hydroxylation is 1. The molecule has 1 aliphatic rings. The minimum atomic E-state index is -4.65. The van der Waals surface area contributed by atoms with Crippen LogP contribution in [0.1, 0.15) is 18.2 Å². The van der Waals surface area contributed by atoms with Gasteiger partial charge in [0.25, 0.3) is 10.0 Å². The zero-order valence-electron chi connectivity index (χ0n) is 16.8. The maximum absolute atomic E-state index is 13.1. The maximum atomic E-state index is 13.1. The number of hydrogen-bond acceptors (Lipinski definition) is 6. The molecule has 1 atom stereocenters. The molecule has 6 nitrogen and oxygen atoms in total. The Morgan fingerprint density at radius 1 is 1.16 bits per heavy atom. The SMILES string of the molecule is Cc1cccc(N2CCN(S(=O)(=O)c3ccc(-c4cc(C(F)(F)F)on4)s3)CC2C)c1. The van der Waals surface area contributed by atoms with Crippen LogP contribution in [0, 0.1) is 6.92 Å². The summed E-state index contributed by atoms with van der Waals surface area (Å²) in [5, 5.41) is 3.42. The normalized spacial score (nSPS) is 18.5. The van der Waals surface area contributed by atoms with Crippen LogP contribution in [0.15, 0.2) is 51.2 Å². The number of sulfonamides is 1. The summed E-state index contributed by atoms with van der Waals surface area (Å²) in [7, 11) is -3.77. The van der Waals surface area contributed by atoms with Gasteiger partial charge in [-0.15, -0.1) is 11.3 Å². The third-order valence-corrected chi connectivity index (χ3v) is 8.58. The van der Waals surface area contributed by atoms with E-state index in [0.29, 0.717) is 24.5 Å². The number of benzene rings is 1. The van der Waals surface area contributed by atoms with Crippen LogP contribution in [0.2, 0.25) is 0 Å². The number of nitrogens with zero attached hydrogens (tertiary/aromatic N) is 3. The third-order valence-electron chi connectivity index (χ3n) is 5.14. The van der Waals surface area contributed by atoms with Crippen LogP contribution < -0.4 is 4.90 Å². The fourth-order valence-corrected chi connectivity index (χ4v) is 6.51. The Kier molecular flexibility index (Phi) is 5.61. The van der Waals surface area contributed by atoms with E-state index in [1.54, 1.807) is 0 Å². The van der Waals surface area contributed by atoms with Crippen molar-refractivity contribution in [3.8, 4) is 10.6 Å². The van der Waals surface area contributed by atoms with Gasteiger partial charge in [-0.1, -0.05) is 17.3 Å². The highest BCUT2D eigenvalue weighted by Gasteiger charge is 2.37. The highest BCUT2D eigenvalue weighted by molar-refractivity contribution is 7.91. The molecule has 0 bridgehead atoms. The zero-order chi connectivity index (χ0) is 22.4. The van der Waals surface area contributed by atoms with Gasteiger partial charge in [-0.05, 0) is 43.7 Å². The average molecular weight is 472 g/mol. The molecule has 0 spiro atoms. The predicted octanol–water partition coefficient (Wildman–Crippen LogP) is 4.63. The predicted molar refractivity (Wildman–Crippen MR) is 112 cm³/mol. The Morgan fingerprint density at radius 3 is 2.58 bits per heavy atom. The molecule has 3 heterocycles. The van der Waals surface area contributed by atoms with Crippen molar-refractivity contribution in [1.29, 1.82) is 0 Å². The van der Waals surface area contributed by atoms with Crippen molar-refractivity contribution in [2.24, 2.45) is 0 Å². The molecule has 3 aromatic rings. The van der Waals surface area contributed by atoms with Crippen LogP contribution in [-0.2, 0) is 16.2 Å². The summed E-state index contributed by atoms with van der Waals surface area (Å²) in [6.07, 6.45) is -4.65. The van der Waals surface area contributed by atoms with Crippen molar-refractivity contribution in [2.75, 3.05) is 24.5 Å². The summed E-state index contributed by atoms with van der Waals surface area (Å²) in [5.74, 6) is -1.22. The van der Waals surface area contributed by atoms with E-state index >= 15 is 0 Å². The lowest BCUT2D eigenvalue weighted by Gasteiger charge is -2.40. The van der Waals surface area contributed by atoms with Crippen molar-refractivity contribution in [1.82, 2.24) is 9.46 Å². The first-order valence-corrected chi connectivity index (χ1v) is 11.8. The van der Waals surface area contributed by atoms with E-state index < -0.39 is 22.0 Å². The summed E-state index contributed by atoms with van der Waals surface area (Å²) in [4.78, 5) is 2.47. The van der Waals surface area contributed by atoms with Crippen LogP contribution in [0.5, 0.6) is 0 Å². The average Bonchev–Trinajstić information content (AvgIpc) is 3.37. The van der Waals surface area contributed by atoms with Gasteiger partial charge in [0.1, 0.15) is 9.90 Å². The fourth-order valence-electron chi connectivity index (χ4n) is 3.58. The summed E-state index contributed by atoms with van der Waals surface area (Å²) in [6, 6.07) is 11.6. The van der Waals surface area contributed by atoms with Crippen molar-refractivity contribution >= 4 is 27.0 Å². The van der Waals surface area contributed by atoms with E-state index in [9.17, 15) is 21.6 Å². The number of thiophene rings is 1. The summed E-state index contributed by atoms with van der Waals surface area (Å²) >= 11 is 0.878. The van der Waals surface area contributed by atoms with Crippen molar-refractivity contribution in [3.05, 3.63) is 53.8 Å². The van der Waals surface area contributed by atoms with Gasteiger partial charge in [0.15, 0.2) is 0 Å². The van der Waals surface area contributed by atoms with Crippen molar-refractivity contribution in [2.45, 2.75) is 30.3 Å².